The fraction of sp³-hybridized carbons (Fsp3) is 0.417. The van der Waals surface area contributed by atoms with Crippen molar-refractivity contribution >= 4 is 22.8 Å². The number of rotatable bonds is 2. The van der Waals surface area contributed by atoms with Crippen LogP contribution in [0, 0.1) is 10.1 Å². The van der Waals surface area contributed by atoms with Gasteiger partial charge in [-0.3, -0.25) is 10.1 Å². The molecule has 0 unspecified atom stereocenters. The molecule has 1 atom stereocenters. The van der Waals surface area contributed by atoms with Crippen LogP contribution >= 0.6 is 0 Å². The number of nitro benzene ring substituents is 1. The van der Waals surface area contributed by atoms with Crippen molar-refractivity contribution in [3.8, 4) is 0 Å². The molecule has 0 saturated carbocycles. The van der Waals surface area contributed by atoms with Crippen LogP contribution in [0.3, 0.4) is 0 Å². The summed E-state index contributed by atoms with van der Waals surface area (Å²) >= 11 is 0. The highest BCUT2D eigenvalue weighted by Gasteiger charge is 2.23. The maximum absolute atomic E-state index is 13.3. The molecule has 1 aliphatic heterocycles. The van der Waals surface area contributed by atoms with E-state index in [0.717, 1.165) is 6.42 Å². The van der Waals surface area contributed by atoms with Gasteiger partial charge in [0.2, 0.25) is 0 Å². The number of nitrogens with zero attached hydrogens (tertiary/aromatic N) is 3. The van der Waals surface area contributed by atoms with Gasteiger partial charge in [-0.05, 0) is 18.9 Å². The second kappa shape index (κ2) is 4.49. The predicted octanol–water partition coefficient (Wildman–Crippen LogP) is 2.67. The second-order valence-electron chi connectivity index (χ2n) is 4.59. The summed E-state index contributed by atoms with van der Waals surface area (Å²) in [5, 5.41) is 10.7. The first-order valence-corrected chi connectivity index (χ1v) is 6.07. The SMILES string of the molecule is O=[N+]([O-])c1ccc2nc(N3CCC[C@@H](F)C3)oc2c1. The van der Waals surface area contributed by atoms with Gasteiger partial charge in [-0.25, -0.2) is 4.39 Å². The van der Waals surface area contributed by atoms with Crippen molar-refractivity contribution in [1.82, 2.24) is 4.98 Å². The molecule has 2 heterocycles. The fourth-order valence-corrected chi connectivity index (χ4v) is 2.25. The molecule has 0 N–H and O–H groups in total. The average molecular weight is 265 g/mol. The highest BCUT2D eigenvalue weighted by molar-refractivity contribution is 5.77. The van der Waals surface area contributed by atoms with E-state index < -0.39 is 11.1 Å². The van der Waals surface area contributed by atoms with Gasteiger partial charge in [0.25, 0.3) is 11.7 Å². The Bertz CT molecular complexity index is 628. The van der Waals surface area contributed by atoms with Gasteiger partial charge in [-0.2, -0.15) is 4.98 Å². The maximum Gasteiger partial charge on any atom is 0.298 e. The van der Waals surface area contributed by atoms with Crippen molar-refractivity contribution in [3.63, 3.8) is 0 Å². The Morgan fingerprint density at radius 1 is 1.53 bits per heavy atom. The van der Waals surface area contributed by atoms with E-state index in [9.17, 15) is 14.5 Å². The third-order valence-electron chi connectivity index (χ3n) is 3.21. The van der Waals surface area contributed by atoms with E-state index in [1.165, 1.54) is 18.2 Å². The number of hydrogen-bond donors (Lipinski definition) is 0. The van der Waals surface area contributed by atoms with E-state index in [1.807, 2.05) is 0 Å². The molecule has 0 amide bonds. The molecule has 1 saturated heterocycles. The predicted molar refractivity (Wildman–Crippen MR) is 67.0 cm³/mol. The first kappa shape index (κ1) is 11.9. The van der Waals surface area contributed by atoms with Gasteiger partial charge in [0.15, 0.2) is 5.58 Å². The summed E-state index contributed by atoms with van der Waals surface area (Å²) in [5.41, 5.74) is 0.851. The summed E-state index contributed by atoms with van der Waals surface area (Å²) in [6.07, 6.45) is 0.431. The number of piperidine rings is 1. The highest BCUT2D eigenvalue weighted by atomic mass is 19.1. The topological polar surface area (TPSA) is 72.4 Å². The molecular weight excluding hydrogens is 253 g/mol. The minimum absolute atomic E-state index is 0.0442. The molecule has 6 nitrogen and oxygen atoms in total. The lowest BCUT2D eigenvalue weighted by Crippen LogP contribution is -2.36. The van der Waals surface area contributed by atoms with E-state index >= 15 is 0 Å². The minimum Gasteiger partial charge on any atom is -0.423 e. The molecule has 1 fully saturated rings. The highest BCUT2D eigenvalue weighted by Crippen LogP contribution is 2.27. The van der Waals surface area contributed by atoms with Gasteiger partial charge >= 0.3 is 0 Å². The van der Waals surface area contributed by atoms with Crippen molar-refractivity contribution in [1.29, 1.82) is 0 Å². The zero-order valence-corrected chi connectivity index (χ0v) is 10.1. The Morgan fingerprint density at radius 2 is 2.37 bits per heavy atom. The maximum atomic E-state index is 13.3. The van der Waals surface area contributed by atoms with Crippen LogP contribution in [0.4, 0.5) is 16.1 Å². The van der Waals surface area contributed by atoms with Crippen LogP contribution in [0.5, 0.6) is 0 Å². The van der Waals surface area contributed by atoms with E-state index in [0.29, 0.717) is 30.1 Å². The number of halogens is 1. The molecule has 7 heteroatoms. The number of alkyl halides is 1. The number of aromatic nitrogens is 1. The molecule has 2 aromatic rings. The first-order chi connectivity index (χ1) is 9.13. The molecule has 0 radical (unpaired) electrons. The molecular formula is C12H12FN3O3. The quantitative estimate of drug-likeness (QED) is 0.616. The minimum atomic E-state index is -0.877. The normalized spacial score (nSPS) is 19.8. The van der Waals surface area contributed by atoms with Gasteiger partial charge in [-0.1, -0.05) is 0 Å². The zero-order valence-electron chi connectivity index (χ0n) is 10.1. The number of benzene rings is 1. The van der Waals surface area contributed by atoms with Crippen LogP contribution in [0.25, 0.3) is 11.1 Å². The molecule has 100 valence electrons. The van der Waals surface area contributed by atoms with Gasteiger partial charge in [0.1, 0.15) is 11.7 Å². The summed E-state index contributed by atoms with van der Waals surface area (Å²) in [4.78, 5) is 16.2. The van der Waals surface area contributed by atoms with E-state index in [1.54, 1.807) is 4.90 Å². The van der Waals surface area contributed by atoms with Crippen molar-refractivity contribution in [2.45, 2.75) is 19.0 Å². The molecule has 19 heavy (non-hydrogen) atoms. The number of fused-ring (bicyclic) bond motifs is 1. The number of oxazole rings is 1. The van der Waals surface area contributed by atoms with Crippen molar-refractivity contribution in [2.24, 2.45) is 0 Å². The second-order valence-corrected chi connectivity index (χ2v) is 4.59. The molecule has 1 aromatic carbocycles. The Balaban J connectivity index is 1.94. The standard InChI is InChI=1S/C12H12FN3O3/c13-8-2-1-5-15(7-8)12-14-10-4-3-9(16(17)18)6-11(10)19-12/h3-4,6,8H,1-2,5,7H2/t8-/m1/s1. The van der Waals surface area contributed by atoms with E-state index in [-0.39, 0.29) is 12.2 Å². The third-order valence-corrected chi connectivity index (χ3v) is 3.21. The summed E-state index contributed by atoms with van der Waals surface area (Å²) in [7, 11) is 0. The molecule has 0 spiro atoms. The largest absolute Gasteiger partial charge is 0.423 e. The molecule has 3 rings (SSSR count). The van der Waals surface area contributed by atoms with E-state index in [4.69, 9.17) is 4.42 Å². The molecule has 0 bridgehead atoms. The summed E-state index contributed by atoms with van der Waals surface area (Å²) in [6.45, 7) is 0.949. The van der Waals surface area contributed by atoms with Gasteiger partial charge in [-0.15, -0.1) is 0 Å². The number of nitro groups is 1. The van der Waals surface area contributed by atoms with Crippen LogP contribution in [0.2, 0.25) is 0 Å². The molecule has 1 aliphatic rings. The lowest BCUT2D eigenvalue weighted by atomic mass is 10.1. The van der Waals surface area contributed by atoms with Crippen molar-refractivity contribution in [3.05, 3.63) is 28.3 Å². The van der Waals surface area contributed by atoms with Gasteiger partial charge in [0.05, 0.1) is 17.5 Å². The smallest absolute Gasteiger partial charge is 0.298 e. The molecule has 0 aliphatic carbocycles. The lowest BCUT2D eigenvalue weighted by molar-refractivity contribution is -0.384. The Morgan fingerprint density at radius 3 is 3.11 bits per heavy atom. The van der Waals surface area contributed by atoms with E-state index in [2.05, 4.69) is 4.98 Å². The van der Waals surface area contributed by atoms with Gasteiger partial charge in [0, 0.05) is 12.6 Å². The van der Waals surface area contributed by atoms with Crippen LogP contribution in [0.15, 0.2) is 22.6 Å². The van der Waals surface area contributed by atoms with Crippen LogP contribution in [0.1, 0.15) is 12.8 Å². The number of anilines is 1. The monoisotopic (exact) mass is 265 g/mol. The fourth-order valence-electron chi connectivity index (χ4n) is 2.25. The van der Waals surface area contributed by atoms with Crippen LogP contribution < -0.4 is 4.90 Å². The van der Waals surface area contributed by atoms with Crippen LogP contribution in [-0.2, 0) is 0 Å². The summed E-state index contributed by atoms with van der Waals surface area (Å²) in [6, 6.07) is 4.58. The van der Waals surface area contributed by atoms with Gasteiger partial charge < -0.3 is 9.32 Å². The average Bonchev–Trinajstić information content (AvgIpc) is 2.81. The lowest BCUT2D eigenvalue weighted by Gasteiger charge is -2.27. The number of hydrogen-bond acceptors (Lipinski definition) is 5. The summed E-state index contributed by atoms with van der Waals surface area (Å²) in [5.74, 6) is 0. The Kier molecular flexibility index (Phi) is 2.81. The molecule has 1 aromatic heterocycles. The van der Waals surface area contributed by atoms with Crippen molar-refractivity contribution < 1.29 is 13.7 Å². The third kappa shape index (κ3) is 2.23. The Labute approximate surface area is 108 Å². The summed E-state index contributed by atoms with van der Waals surface area (Å²) < 4.78 is 18.8. The van der Waals surface area contributed by atoms with Crippen LogP contribution in [-0.4, -0.2) is 29.2 Å². The van der Waals surface area contributed by atoms with Crippen molar-refractivity contribution in [2.75, 3.05) is 18.0 Å². The zero-order chi connectivity index (χ0) is 13.4. The first-order valence-electron chi connectivity index (χ1n) is 6.07. The Hall–Kier alpha value is -2.18. The number of non-ortho nitro benzene ring substituents is 1.